The molecule has 0 aliphatic carbocycles. The molecule has 3 aromatic carbocycles. The Morgan fingerprint density at radius 1 is 1.03 bits per heavy atom. The molecule has 8 nitrogen and oxygen atoms in total. The number of aliphatic hydroxyl groups is 1. The van der Waals surface area contributed by atoms with Crippen LogP contribution >= 0.6 is 0 Å². The highest BCUT2D eigenvalue weighted by atomic mass is 16.7. The number of methoxy groups -OCH3 is 1. The van der Waals surface area contributed by atoms with Crippen LogP contribution in [0.15, 0.2) is 84.6 Å². The van der Waals surface area contributed by atoms with E-state index in [1.54, 1.807) is 42.5 Å². The zero-order valence-corrected chi connectivity index (χ0v) is 19.8. The van der Waals surface area contributed by atoms with Crippen molar-refractivity contribution < 1.29 is 28.9 Å². The average Bonchev–Trinajstić information content (AvgIpc) is 2.93. The number of nitrogens with two attached hydrogens (primary N) is 1. The third kappa shape index (κ3) is 6.10. The Kier molecular flexibility index (Phi) is 7.99. The van der Waals surface area contributed by atoms with Gasteiger partial charge >= 0.3 is 5.97 Å². The first-order valence-corrected chi connectivity index (χ1v) is 11.5. The van der Waals surface area contributed by atoms with Gasteiger partial charge in [0.25, 0.3) is 5.91 Å². The largest absolute Gasteiger partial charge is 0.465 e. The number of carbonyl (C=O) groups is 2. The number of nitrogen functional groups attached to an aromatic ring is 1. The zero-order valence-electron chi connectivity index (χ0n) is 19.8. The molecule has 4 N–H and O–H groups in total. The number of aliphatic hydroxyl groups excluding tert-OH is 1. The van der Waals surface area contributed by atoms with Crippen LogP contribution in [0.25, 0.3) is 0 Å². The minimum atomic E-state index is -0.688. The number of allylic oxidation sites excluding steroid dienone is 1. The molecule has 2 atom stereocenters. The van der Waals surface area contributed by atoms with Gasteiger partial charge in [0.1, 0.15) is 0 Å². The fraction of sp³-hybridized carbons (Fsp3) is 0.214. The molecular formula is C28H28N2O6. The van der Waals surface area contributed by atoms with Crippen molar-refractivity contribution in [2.24, 2.45) is 0 Å². The highest BCUT2D eigenvalue weighted by molar-refractivity contribution is 6.04. The first-order chi connectivity index (χ1) is 17.5. The van der Waals surface area contributed by atoms with E-state index < -0.39 is 18.2 Å². The van der Waals surface area contributed by atoms with Crippen LogP contribution in [0.4, 0.5) is 11.4 Å². The van der Waals surface area contributed by atoms with E-state index in [0.29, 0.717) is 23.4 Å². The van der Waals surface area contributed by atoms with E-state index in [4.69, 9.17) is 19.9 Å². The number of nitrogens with one attached hydrogen (secondary N) is 1. The van der Waals surface area contributed by atoms with Gasteiger partial charge in [-0.1, -0.05) is 48.5 Å². The van der Waals surface area contributed by atoms with Crippen molar-refractivity contribution in [1.82, 2.24) is 0 Å². The lowest BCUT2D eigenvalue weighted by atomic mass is 9.92. The topological polar surface area (TPSA) is 120 Å². The molecular weight excluding hydrogens is 460 g/mol. The molecule has 0 spiro atoms. The van der Waals surface area contributed by atoms with Crippen molar-refractivity contribution >= 4 is 23.3 Å². The van der Waals surface area contributed by atoms with Gasteiger partial charge in [-0.05, 0) is 47.0 Å². The van der Waals surface area contributed by atoms with Crippen molar-refractivity contribution in [3.05, 3.63) is 107 Å². The Hall–Kier alpha value is -4.14. The van der Waals surface area contributed by atoms with E-state index in [9.17, 15) is 14.7 Å². The maximum atomic E-state index is 13.1. The molecule has 4 rings (SSSR count). The van der Waals surface area contributed by atoms with Gasteiger partial charge in [-0.25, -0.2) is 4.79 Å². The maximum absolute atomic E-state index is 13.1. The summed E-state index contributed by atoms with van der Waals surface area (Å²) in [6.07, 6.45) is 1.53. The summed E-state index contributed by atoms with van der Waals surface area (Å²) in [5.41, 5.74) is 9.96. The molecule has 0 radical (unpaired) electrons. The summed E-state index contributed by atoms with van der Waals surface area (Å²) in [4.78, 5) is 24.9. The minimum Gasteiger partial charge on any atom is -0.465 e. The van der Waals surface area contributed by atoms with Gasteiger partial charge < -0.3 is 30.4 Å². The molecule has 1 aliphatic rings. The van der Waals surface area contributed by atoms with E-state index >= 15 is 0 Å². The van der Waals surface area contributed by atoms with Gasteiger partial charge in [-0.15, -0.1) is 0 Å². The van der Waals surface area contributed by atoms with Crippen molar-refractivity contribution in [2.75, 3.05) is 18.2 Å². The number of carbonyl (C=O) groups excluding carboxylic acids is 2. The van der Waals surface area contributed by atoms with Gasteiger partial charge in [0.05, 0.1) is 37.3 Å². The number of rotatable bonds is 8. The van der Waals surface area contributed by atoms with Crippen LogP contribution in [0.5, 0.6) is 0 Å². The molecule has 0 saturated carbocycles. The summed E-state index contributed by atoms with van der Waals surface area (Å²) in [5.74, 6) is -0.934. The Morgan fingerprint density at radius 3 is 2.39 bits per heavy atom. The molecule has 0 saturated heterocycles. The van der Waals surface area contributed by atoms with Crippen molar-refractivity contribution in [3.63, 3.8) is 0 Å². The minimum absolute atomic E-state index is 0.0292. The number of esters is 1. The van der Waals surface area contributed by atoms with Gasteiger partial charge in [-0.3, -0.25) is 4.79 Å². The average molecular weight is 489 g/mol. The number of benzene rings is 3. The third-order valence-electron chi connectivity index (χ3n) is 5.89. The maximum Gasteiger partial charge on any atom is 0.337 e. The molecule has 8 heteroatoms. The normalized spacial score (nSPS) is 17.0. The lowest BCUT2D eigenvalue weighted by molar-refractivity contribution is -0.147. The summed E-state index contributed by atoms with van der Waals surface area (Å²) in [5, 5.41) is 12.0. The quantitative estimate of drug-likeness (QED) is 0.322. The molecule has 0 fully saturated rings. The molecule has 0 unspecified atom stereocenters. The summed E-state index contributed by atoms with van der Waals surface area (Å²) in [6, 6.07) is 21.4. The highest BCUT2D eigenvalue weighted by Gasteiger charge is 2.29. The van der Waals surface area contributed by atoms with E-state index in [0.717, 1.165) is 16.7 Å². The number of hydrogen-bond acceptors (Lipinski definition) is 7. The fourth-order valence-electron chi connectivity index (χ4n) is 3.86. The summed E-state index contributed by atoms with van der Waals surface area (Å²) >= 11 is 0. The van der Waals surface area contributed by atoms with Gasteiger partial charge in [0.2, 0.25) is 6.29 Å². The molecule has 0 aromatic heterocycles. The second-order valence-corrected chi connectivity index (χ2v) is 8.36. The number of ether oxygens (including phenoxy) is 3. The van der Waals surface area contributed by atoms with E-state index in [2.05, 4.69) is 5.32 Å². The van der Waals surface area contributed by atoms with E-state index in [1.807, 2.05) is 36.4 Å². The Labute approximate surface area is 209 Å². The predicted molar refractivity (Wildman–Crippen MR) is 135 cm³/mol. The van der Waals surface area contributed by atoms with Crippen molar-refractivity contribution in [2.45, 2.75) is 31.8 Å². The molecule has 186 valence electrons. The summed E-state index contributed by atoms with van der Waals surface area (Å²) in [6.45, 7) is 0.240. The first-order valence-electron chi connectivity index (χ1n) is 11.5. The molecule has 1 heterocycles. The number of anilines is 2. The Balaban J connectivity index is 1.54. The first kappa shape index (κ1) is 25.0. The summed E-state index contributed by atoms with van der Waals surface area (Å²) in [7, 11) is 1.33. The number of hydrogen-bond donors (Lipinski definition) is 3. The number of para-hydroxylation sites is 2. The van der Waals surface area contributed by atoms with Crippen molar-refractivity contribution in [3.8, 4) is 0 Å². The molecule has 3 aromatic rings. The number of amides is 1. The van der Waals surface area contributed by atoms with Crippen LogP contribution in [0.2, 0.25) is 0 Å². The summed E-state index contributed by atoms with van der Waals surface area (Å²) < 4.78 is 16.7. The van der Waals surface area contributed by atoms with Gasteiger partial charge in [0, 0.05) is 12.3 Å². The lowest BCUT2D eigenvalue weighted by Gasteiger charge is -2.29. The van der Waals surface area contributed by atoms with Crippen LogP contribution in [-0.4, -0.2) is 30.4 Å². The Morgan fingerprint density at radius 2 is 1.72 bits per heavy atom. The highest BCUT2D eigenvalue weighted by Crippen LogP contribution is 2.33. The molecule has 36 heavy (non-hydrogen) atoms. The monoisotopic (exact) mass is 488 g/mol. The van der Waals surface area contributed by atoms with Crippen LogP contribution in [-0.2, 0) is 32.2 Å². The van der Waals surface area contributed by atoms with Crippen LogP contribution in [0.1, 0.15) is 39.4 Å². The second-order valence-electron chi connectivity index (χ2n) is 8.36. The standard InChI is InChI=1S/C28H28N2O6/c1-34-28(33)21-12-10-20(11-13-21)22-14-25(27(32)30-24-5-3-2-4-23(24)29)36-26(15-22)35-17-19-8-6-18(16-31)7-9-19/h2-14,22,26,31H,15-17,29H2,1H3,(H,30,32)/t22-,26+/m1/s1. The van der Waals surface area contributed by atoms with E-state index in [-0.39, 0.29) is 24.9 Å². The predicted octanol–water partition coefficient (Wildman–Crippen LogP) is 4.12. The molecule has 1 aliphatic heterocycles. The van der Waals surface area contributed by atoms with Crippen LogP contribution in [0.3, 0.4) is 0 Å². The van der Waals surface area contributed by atoms with Gasteiger partial charge in [0.15, 0.2) is 5.76 Å². The second kappa shape index (κ2) is 11.5. The smallest absolute Gasteiger partial charge is 0.337 e. The molecule has 1 amide bonds. The third-order valence-corrected chi connectivity index (χ3v) is 5.89. The van der Waals surface area contributed by atoms with Crippen LogP contribution < -0.4 is 11.1 Å². The lowest BCUT2D eigenvalue weighted by Crippen LogP contribution is -2.29. The fourth-order valence-corrected chi connectivity index (χ4v) is 3.86. The van der Waals surface area contributed by atoms with E-state index in [1.165, 1.54) is 7.11 Å². The SMILES string of the molecule is COC(=O)c1ccc([C@@H]2C=C(C(=O)Nc3ccccc3N)O[C@H](OCc3ccc(CO)cc3)C2)cc1. The van der Waals surface area contributed by atoms with Crippen molar-refractivity contribution in [1.29, 1.82) is 0 Å². The molecule has 0 bridgehead atoms. The van der Waals surface area contributed by atoms with Gasteiger partial charge in [-0.2, -0.15) is 0 Å². The van der Waals surface area contributed by atoms with Crippen LogP contribution in [0, 0.1) is 0 Å². The Bertz CT molecular complexity index is 1240. The zero-order chi connectivity index (χ0) is 25.5.